The summed E-state index contributed by atoms with van der Waals surface area (Å²) >= 11 is 6.11. The number of amides is 2. The molecule has 1 fully saturated rings. The van der Waals surface area contributed by atoms with E-state index in [1.165, 1.54) is 16.8 Å². The van der Waals surface area contributed by atoms with E-state index in [2.05, 4.69) is 31.4 Å². The molecule has 5 rings (SSSR count). The third-order valence-corrected chi connectivity index (χ3v) is 12.8. The number of carbonyl (C=O) groups excluding carboxylic acids is 2. The number of aromatic nitrogens is 2. The number of rotatable bonds is 24. The van der Waals surface area contributed by atoms with Gasteiger partial charge in [0, 0.05) is 61.7 Å². The van der Waals surface area contributed by atoms with E-state index in [4.69, 9.17) is 16.3 Å². The Balaban J connectivity index is 1.13. The average Bonchev–Trinajstić information content (AvgIpc) is 3.29. The van der Waals surface area contributed by atoms with Crippen molar-refractivity contribution < 1.29 is 18.7 Å². The molecule has 2 amide bonds. The number of anilines is 1. The van der Waals surface area contributed by atoms with Gasteiger partial charge in [-0.3, -0.25) is 14.4 Å². The summed E-state index contributed by atoms with van der Waals surface area (Å²) in [5.74, 6) is 0.267. The van der Waals surface area contributed by atoms with Gasteiger partial charge in [-0.15, -0.1) is 0 Å². The second-order valence-electron chi connectivity index (χ2n) is 17.8. The second-order valence-corrected chi connectivity index (χ2v) is 18.3. The maximum Gasteiger partial charge on any atom is 0.316 e. The Morgan fingerprint density at radius 2 is 1.32 bits per heavy atom. The third kappa shape index (κ3) is 14.5. The van der Waals surface area contributed by atoms with Gasteiger partial charge in [0.2, 0.25) is 17.6 Å². The SMILES string of the molecule is CC(N=O)C(C)(C)NCCC(CCNC(=O)CCCC(=O)N1CCN(c2cnn(-c3ccc(Cl)cc3)c(=O)c2Oc2ccc(-c3ccc(F)cc3)cc2)CC1)CCNC(C)(C)C(C)N=O. The number of carbonyl (C=O) groups is 2. The summed E-state index contributed by atoms with van der Waals surface area (Å²) in [5, 5.41) is 21.3. The van der Waals surface area contributed by atoms with Crippen molar-refractivity contribution in [1.82, 2.24) is 30.6 Å². The number of hydrogen-bond acceptors (Lipinski definition) is 12. The molecule has 65 heavy (non-hydrogen) atoms. The lowest BCUT2D eigenvalue weighted by Gasteiger charge is -2.36. The van der Waals surface area contributed by atoms with Crippen LogP contribution in [-0.2, 0) is 9.59 Å². The highest BCUT2D eigenvalue weighted by molar-refractivity contribution is 6.30. The number of nitroso groups, excluding NO2 is 2. The van der Waals surface area contributed by atoms with Crippen molar-refractivity contribution in [3.05, 3.63) is 110 Å². The van der Waals surface area contributed by atoms with E-state index in [9.17, 15) is 28.6 Å². The molecule has 1 aromatic heterocycles. The molecule has 0 radical (unpaired) electrons. The molecule has 3 N–H and O–H groups in total. The maximum absolute atomic E-state index is 14.1. The second kappa shape index (κ2) is 23.6. The van der Waals surface area contributed by atoms with Crippen LogP contribution >= 0.6 is 11.6 Å². The molecule has 0 bridgehead atoms. The van der Waals surface area contributed by atoms with Crippen LogP contribution in [0.1, 0.15) is 80.1 Å². The largest absolute Gasteiger partial charge is 0.449 e. The van der Waals surface area contributed by atoms with Crippen LogP contribution in [0.4, 0.5) is 10.1 Å². The predicted molar refractivity (Wildman–Crippen MR) is 254 cm³/mol. The summed E-state index contributed by atoms with van der Waals surface area (Å²) in [5.41, 5.74) is 1.30. The topological polar surface area (TPSA) is 180 Å². The molecule has 2 heterocycles. The average molecular weight is 917 g/mol. The van der Waals surface area contributed by atoms with Gasteiger partial charge in [0.25, 0.3) is 0 Å². The molecule has 0 spiro atoms. The molecule has 2 atom stereocenters. The zero-order valence-corrected chi connectivity index (χ0v) is 39.1. The fourth-order valence-electron chi connectivity index (χ4n) is 7.44. The minimum absolute atomic E-state index is 0.0458. The van der Waals surface area contributed by atoms with Gasteiger partial charge in [-0.25, -0.2) is 4.39 Å². The summed E-state index contributed by atoms with van der Waals surface area (Å²) in [6.07, 6.45) is 4.82. The van der Waals surface area contributed by atoms with Crippen molar-refractivity contribution in [2.45, 2.75) is 103 Å². The molecular weight excluding hydrogens is 853 g/mol. The molecule has 0 saturated carbocycles. The first kappa shape index (κ1) is 50.4. The van der Waals surface area contributed by atoms with E-state index in [0.29, 0.717) is 74.4 Å². The van der Waals surface area contributed by atoms with Crippen molar-refractivity contribution >= 4 is 29.1 Å². The van der Waals surface area contributed by atoms with Gasteiger partial charge in [-0.05, 0) is 146 Å². The Labute approximate surface area is 385 Å². The molecule has 2 unspecified atom stereocenters. The summed E-state index contributed by atoms with van der Waals surface area (Å²) in [4.78, 5) is 66.4. The van der Waals surface area contributed by atoms with Crippen molar-refractivity contribution in [3.8, 4) is 28.3 Å². The first-order chi connectivity index (χ1) is 31.0. The van der Waals surface area contributed by atoms with Gasteiger partial charge in [0.1, 0.15) is 29.3 Å². The van der Waals surface area contributed by atoms with Gasteiger partial charge >= 0.3 is 5.56 Å². The van der Waals surface area contributed by atoms with Crippen LogP contribution in [0, 0.1) is 21.5 Å². The van der Waals surface area contributed by atoms with Crippen LogP contribution < -0.4 is 31.1 Å². The lowest BCUT2D eigenvalue weighted by Crippen LogP contribution is -2.49. The first-order valence-electron chi connectivity index (χ1n) is 22.4. The molecule has 15 nitrogen and oxygen atoms in total. The zero-order valence-electron chi connectivity index (χ0n) is 38.3. The van der Waals surface area contributed by atoms with Gasteiger partial charge in [-0.1, -0.05) is 46.2 Å². The number of ether oxygens (including phenoxy) is 1. The van der Waals surface area contributed by atoms with Crippen LogP contribution in [0.2, 0.25) is 5.02 Å². The Morgan fingerprint density at radius 1 is 0.785 bits per heavy atom. The fraction of sp³-hybridized carbons (Fsp3) is 0.500. The smallest absolute Gasteiger partial charge is 0.316 e. The monoisotopic (exact) mass is 915 g/mol. The predicted octanol–water partition coefficient (Wildman–Crippen LogP) is 8.25. The van der Waals surface area contributed by atoms with E-state index >= 15 is 0 Å². The highest BCUT2D eigenvalue weighted by atomic mass is 35.5. The van der Waals surface area contributed by atoms with Crippen LogP contribution in [0.3, 0.4) is 0 Å². The number of piperazine rings is 1. The number of halogens is 2. The molecule has 0 aliphatic carbocycles. The van der Waals surface area contributed by atoms with Gasteiger partial charge in [-0.2, -0.15) is 19.6 Å². The van der Waals surface area contributed by atoms with E-state index in [-0.39, 0.29) is 42.1 Å². The maximum atomic E-state index is 14.1. The fourth-order valence-corrected chi connectivity index (χ4v) is 7.57. The summed E-state index contributed by atoms with van der Waals surface area (Å²) in [6.45, 7) is 14.9. The van der Waals surface area contributed by atoms with Gasteiger partial charge in [0.15, 0.2) is 0 Å². The minimum Gasteiger partial charge on any atom is -0.449 e. The summed E-state index contributed by atoms with van der Waals surface area (Å²) < 4.78 is 21.1. The van der Waals surface area contributed by atoms with Crippen LogP contribution in [-0.4, -0.2) is 95.5 Å². The molecular formula is C48H63ClFN9O6. The standard InChI is InChI=1S/C48H63ClFN9O6/c1-33(55-63)47(3,4)52-26-23-35(24-27-53-48(5,6)34(2)56-64)22-25-51-43(60)8-7-9-44(61)58-30-28-57(29-31-58)42-32-54-59(40-18-14-38(49)15-19-40)46(62)45(42)65-41-20-12-37(13-21-41)36-10-16-39(50)17-11-36/h10-21,32-35,52-53H,7-9,22-31H2,1-6H3,(H,51,60). The van der Waals surface area contributed by atoms with Crippen molar-refractivity contribution in [1.29, 1.82) is 0 Å². The molecule has 350 valence electrons. The summed E-state index contributed by atoms with van der Waals surface area (Å²) in [7, 11) is 0. The number of hydrogen-bond donors (Lipinski definition) is 3. The Hall–Kier alpha value is -5.58. The number of benzene rings is 3. The quantitative estimate of drug-likeness (QED) is 0.0580. The molecule has 4 aromatic rings. The Morgan fingerprint density at radius 3 is 1.88 bits per heavy atom. The minimum atomic E-state index is -0.473. The lowest BCUT2D eigenvalue weighted by atomic mass is 9.92. The lowest BCUT2D eigenvalue weighted by molar-refractivity contribution is -0.131. The molecule has 1 aliphatic heterocycles. The zero-order chi connectivity index (χ0) is 47.1. The molecule has 1 aliphatic rings. The highest BCUT2D eigenvalue weighted by Crippen LogP contribution is 2.32. The van der Waals surface area contributed by atoms with E-state index < -0.39 is 28.7 Å². The highest BCUT2D eigenvalue weighted by Gasteiger charge is 2.29. The third-order valence-electron chi connectivity index (χ3n) is 12.6. The van der Waals surface area contributed by atoms with E-state index in [1.807, 2.05) is 44.7 Å². The number of nitrogens with one attached hydrogen (secondary N) is 3. The normalized spacial score (nSPS) is 14.6. The first-order valence-corrected chi connectivity index (χ1v) is 22.8. The Bertz CT molecular complexity index is 2220. The van der Waals surface area contributed by atoms with Crippen molar-refractivity contribution in [3.63, 3.8) is 0 Å². The molecule has 3 aromatic carbocycles. The van der Waals surface area contributed by atoms with E-state index in [0.717, 1.165) is 30.4 Å². The summed E-state index contributed by atoms with van der Waals surface area (Å²) in [6, 6.07) is 19.3. The van der Waals surface area contributed by atoms with E-state index in [1.54, 1.807) is 73.5 Å². The van der Waals surface area contributed by atoms with Crippen LogP contribution in [0.5, 0.6) is 11.5 Å². The van der Waals surface area contributed by atoms with Crippen LogP contribution in [0.15, 0.2) is 94.1 Å². The van der Waals surface area contributed by atoms with Gasteiger partial charge in [0.05, 0.1) is 11.9 Å². The Kier molecular flexibility index (Phi) is 18.3. The van der Waals surface area contributed by atoms with Gasteiger partial charge < -0.3 is 30.5 Å². The van der Waals surface area contributed by atoms with Crippen LogP contribution in [0.25, 0.3) is 16.8 Å². The molecule has 1 saturated heterocycles. The van der Waals surface area contributed by atoms with Crippen molar-refractivity contribution in [2.24, 2.45) is 16.3 Å². The number of nitrogens with zero attached hydrogens (tertiary/aromatic N) is 6. The molecule has 17 heteroatoms. The van der Waals surface area contributed by atoms with Crippen molar-refractivity contribution in [2.75, 3.05) is 50.7 Å².